The van der Waals surface area contributed by atoms with Crippen molar-refractivity contribution in [3.63, 3.8) is 0 Å². The van der Waals surface area contributed by atoms with E-state index >= 15 is 0 Å². The van der Waals surface area contributed by atoms with Crippen molar-refractivity contribution in [3.05, 3.63) is 70.1 Å². The SMILES string of the molecule is O=c1nc(-c2cccc(O)c2)c2c([nH]1)-c1ccccc1C2. The molecule has 1 heterocycles. The van der Waals surface area contributed by atoms with Crippen LogP contribution in [0.2, 0.25) is 0 Å². The third kappa shape index (κ3) is 1.84. The van der Waals surface area contributed by atoms with Gasteiger partial charge in [-0.25, -0.2) is 4.79 Å². The van der Waals surface area contributed by atoms with E-state index in [1.165, 1.54) is 5.56 Å². The topological polar surface area (TPSA) is 66.0 Å². The Labute approximate surface area is 120 Å². The van der Waals surface area contributed by atoms with Crippen molar-refractivity contribution in [2.75, 3.05) is 0 Å². The smallest absolute Gasteiger partial charge is 0.345 e. The van der Waals surface area contributed by atoms with Crippen LogP contribution in [0, 0.1) is 0 Å². The first kappa shape index (κ1) is 11.9. The molecule has 4 nitrogen and oxygen atoms in total. The molecule has 2 aromatic carbocycles. The summed E-state index contributed by atoms with van der Waals surface area (Å²) in [6, 6.07) is 14.8. The molecule has 2 N–H and O–H groups in total. The Bertz CT molecular complexity index is 913. The van der Waals surface area contributed by atoms with E-state index in [0.29, 0.717) is 5.69 Å². The van der Waals surface area contributed by atoms with E-state index in [0.717, 1.165) is 28.8 Å². The van der Waals surface area contributed by atoms with Crippen LogP contribution in [0.5, 0.6) is 5.75 Å². The van der Waals surface area contributed by atoms with Gasteiger partial charge in [0.15, 0.2) is 0 Å². The molecule has 0 bridgehead atoms. The van der Waals surface area contributed by atoms with E-state index in [1.54, 1.807) is 18.2 Å². The number of nitrogens with one attached hydrogen (secondary N) is 1. The lowest BCUT2D eigenvalue weighted by Gasteiger charge is -2.07. The van der Waals surface area contributed by atoms with Gasteiger partial charge < -0.3 is 10.1 Å². The molecule has 21 heavy (non-hydrogen) atoms. The summed E-state index contributed by atoms with van der Waals surface area (Å²) in [5.74, 6) is 0.166. The molecule has 0 saturated carbocycles. The molecule has 4 rings (SSSR count). The van der Waals surface area contributed by atoms with Gasteiger partial charge in [-0.3, -0.25) is 0 Å². The fourth-order valence-corrected chi connectivity index (χ4v) is 2.90. The van der Waals surface area contributed by atoms with E-state index in [2.05, 4.69) is 16.0 Å². The van der Waals surface area contributed by atoms with Crippen molar-refractivity contribution in [2.45, 2.75) is 6.42 Å². The zero-order valence-corrected chi connectivity index (χ0v) is 11.1. The highest BCUT2D eigenvalue weighted by Crippen LogP contribution is 2.38. The molecule has 0 saturated heterocycles. The lowest BCUT2D eigenvalue weighted by molar-refractivity contribution is 0.475. The number of phenolic OH excluding ortho intramolecular Hbond substituents is 1. The predicted molar refractivity (Wildman–Crippen MR) is 80.2 cm³/mol. The quantitative estimate of drug-likeness (QED) is 0.562. The van der Waals surface area contributed by atoms with Crippen molar-refractivity contribution in [2.24, 2.45) is 0 Å². The number of fused-ring (bicyclic) bond motifs is 3. The first-order valence-electron chi connectivity index (χ1n) is 6.73. The first-order chi connectivity index (χ1) is 10.2. The van der Waals surface area contributed by atoms with Gasteiger partial charge >= 0.3 is 5.69 Å². The Kier molecular flexibility index (Phi) is 2.44. The van der Waals surface area contributed by atoms with Crippen molar-refractivity contribution in [1.82, 2.24) is 9.97 Å². The number of hydrogen-bond acceptors (Lipinski definition) is 3. The third-order valence-corrected chi connectivity index (χ3v) is 3.81. The second-order valence-electron chi connectivity index (χ2n) is 5.13. The minimum atomic E-state index is -0.371. The lowest BCUT2D eigenvalue weighted by atomic mass is 10.0. The zero-order valence-electron chi connectivity index (χ0n) is 11.1. The van der Waals surface area contributed by atoms with Gasteiger partial charge in [0.25, 0.3) is 0 Å². The highest BCUT2D eigenvalue weighted by atomic mass is 16.3. The van der Waals surface area contributed by atoms with E-state index < -0.39 is 0 Å². The molecule has 1 aliphatic rings. The molecule has 0 spiro atoms. The number of nitrogens with zero attached hydrogens (tertiary/aromatic N) is 1. The maximum absolute atomic E-state index is 11.9. The Morgan fingerprint density at radius 2 is 1.95 bits per heavy atom. The van der Waals surface area contributed by atoms with Crippen LogP contribution < -0.4 is 5.69 Å². The highest BCUT2D eigenvalue weighted by Gasteiger charge is 2.23. The number of aromatic amines is 1. The Morgan fingerprint density at radius 3 is 2.81 bits per heavy atom. The van der Waals surface area contributed by atoms with Crippen molar-refractivity contribution >= 4 is 0 Å². The van der Waals surface area contributed by atoms with Crippen LogP contribution in [0.25, 0.3) is 22.5 Å². The molecular formula is C17H12N2O2. The van der Waals surface area contributed by atoms with Gasteiger partial charge in [0.2, 0.25) is 0 Å². The average molecular weight is 276 g/mol. The molecule has 102 valence electrons. The Balaban J connectivity index is 2.00. The molecule has 1 aromatic heterocycles. The minimum Gasteiger partial charge on any atom is -0.508 e. The van der Waals surface area contributed by atoms with Crippen LogP contribution in [0.4, 0.5) is 0 Å². The van der Waals surface area contributed by atoms with Crippen LogP contribution in [-0.4, -0.2) is 15.1 Å². The summed E-state index contributed by atoms with van der Waals surface area (Å²) < 4.78 is 0. The number of benzene rings is 2. The molecule has 0 fully saturated rings. The van der Waals surface area contributed by atoms with Crippen LogP contribution in [0.1, 0.15) is 11.1 Å². The maximum Gasteiger partial charge on any atom is 0.345 e. The molecule has 3 aromatic rings. The van der Waals surface area contributed by atoms with Gasteiger partial charge in [-0.05, 0) is 17.7 Å². The predicted octanol–water partition coefficient (Wildman–Crippen LogP) is 2.71. The van der Waals surface area contributed by atoms with Gasteiger partial charge in [0.05, 0.1) is 11.4 Å². The van der Waals surface area contributed by atoms with Gasteiger partial charge in [-0.2, -0.15) is 4.98 Å². The second kappa shape index (κ2) is 4.31. The van der Waals surface area contributed by atoms with Crippen molar-refractivity contribution in [3.8, 4) is 28.3 Å². The molecule has 0 aliphatic heterocycles. The number of aromatic nitrogens is 2. The molecule has 0 atom stereocenters. The standard InChI is InChI=1S/C17H12N2O2/c20-12-6-3-5-11(8-12)15-14-9-10-4-1-2-7-13(10)16(14)19-17(21)18-15/h1-8,20H,9H2,(H,18,19,21). The summed E-state index contributed by atoms with van der Waals surface area (Å²) in [7, 11) is 0. The van der Waals surface area contributed by atoms with Crippen molar-refractivity contribution < 1.29 is 5.11 Å². The van der Waals surface area contributed by atoms with Gasteiger partial charge in [-0.1, -0.05) is 36.4 Å². The molecular weight excluding hydrogens is 264 g/mol. The molecule has 1 aliphatic carbocycles. The molecule has 4 heteroatoms. The van der Waals surface area contributed by atoms with E-state index in [4.69, 9.17) is 0 Å². The van der Waals surface area contributed by atoms with Crippen molar-refractivity contribution in [1.29, 1.82) is 0 Å². The van der Waals surface area contributed by atoms with E-state index in [1.807, 2.05) is 24.3 Å². The molecule has 0 radical (unpaired) electrons. The lowest BCUT2D eigenvalue weighted by Crippen LogP contribution is -2.13. The van der Waals surface area contributed by atoms with E-state index in [9.17, 15) is 9.90 Å². The monoisotopic (exact) mass is 276 g/mol. The van der Waals surface area contributed by atoms with E-state index in [-0.39, 0.29) is 11.4 Å². The summed E-state index contributed by atoms with van der Waals surface area (Å²) in [4.78, 5) is 18.8. The zero-order chi connectivity index (χ0) is 14.4. The first-order valence-corrected chi connectivity index (χ1v) is 6.73. The highest BCUT2D eigenvalue weighted by molar-refractivity contribution is 5.80. The third-order valence-electron chi connectivity index (χ3n) is 3.81. The Morgan fingerprint density at radius 1 is 1.10 bits per heavy atom. The Hall–Kier alpha value is -2.88. The van der Waals surface area contributed by atoms with Crippen LogP contribution in [0.3, 0.4) is 0 Å². The maximum atomic E-state index is 11.9. The minimum absolute atomic E-state index is 0.166. The molecule has 0 unspecified atom stereocenters. The second-order valence-corrected chi connectivity index (χ2v) is 5.13. The van der Waals surface area contributed by atoms with Gasteiger partial charge in [0.1, 0.15) is 5.75 Å². The summed E-state index contributed by atoms with van der Waals surface area (Å²) >= 11 is 0. The number of H-pyrrole nitrogens is 1. The van der Waals surface area contributed by atoms with Gasteiger partial charge in [-0.15, -0.1) is 0 Å². The summed E-state index contributed by atoms with van der Waals surface area (Å²) in [5, 5.41) is 9.65. The molecule has 0 amide bonds. The number of rotatable bonds is 1. The number of hydrogen-bond donors (Lipinski definition) is 2. The summed E-state index contributed by atoms with van der Waals surface area (Å²) in [6.45, 7) is 0. The number of aromatic hydroxyl groups is 1. The van der Waals surface area contributed by atoms with Crippen LogP contribution >= 0.6 is 0 Å². The largest absolute Gasteiger partial charge is 0.508 e. The van der Waals surface area contributed by atoms with Gasteiger partial charge in [0, 0.05) is 23.1 Å². The fourth-order valence-electron chi connectivity index (χ4n) is 2.90. The average Bonchev–Trinajstić information content (AvgIpc) is 2.85. The summed E-state index contributed by atoms with van der Waals surface area (Å²) in [5.41, 5.74) is 5.09. The normalized spacial score (nSPS) is 12.0. The summed E-state index contributed by atoms with van der Waals surface area (Å²) in [6.07, 6.45) is 0.736. The number of phenols is 1. The fraction of sp³-hybridized carbons (Fsp3) is 0.0588. The van der Waals surface area contributed by atoms with Crippen LogP contribution in [-0.2, 0) is 6.42 Å². The van der Waals surface area contributed by atoms with Crippen LogP contribution in [0.15, 0.2) is 53.3 Å².